The molecule has 0 bridgehead atoms. The highest BCUT2D eigenvalue weighted by Crippen LogP contribution is 2.20. The fourth-order valence-electron chi connectivity index (χ4n) is 2.50. The average molecular weight is 483 g/mol. The molecule has 1 heterocycles. The molecule has 2 aromatic rings. The lowest BCUT2D eigenvalue weighted by Crippen LogP contribution is -2.36. The van der Waals surface area contributed by atoms with Gasteiger partial charge in [0.25, 0.3) is 0 Å². The van der Waals surface area contributed by atoms with Crippen LogP contribution in [0.5, 0.6) is 5.75 Å². The molecule has 0 saturated heterocycles. The maximum absolute atomic E-state index is 5.74. The Bertz CT molecular complexity index is 749. The van der Waals surface area contributed by atoms with E-state index in [2.05, 4.69) is 51.8 Å². The van der Waals surface area contributed by atoms with Crippen molar-refractivity contribution in [2.45, 2.75) is 26.9 Å². The van der Waals surface area contributed by atoms with Gasteiger partial charge in [0.15, 0.2) is 5.96 Å². The molecule has 0 atom stereocenters. The molecule has 0 unspecified atom stereocenters. The average Bonchev–Trinajstić information content (AvgIpc) is 2.63. The maximum atomic E-state index is 5.74. The summed E-state index contributed by atoms with van der Waals surface area (Å²) >= 11 is 0. The predicted octanol–water partition coefficient (Wildman–Crippen LogP) is 3.34. The van der Waals surface area contributed by atoms with Crippen molar-refractivity contribution < 1.29 is 4.74 Å². The van der Waals surface area contributed by atoms with Gasteiger partial charge >= 0.3 is 0 Å². The molecule has 1 aromatic heterocycles. The molecule has 0 saturated carbocycles. The quantitative estimate of drug-likeness (QED) is 0.360. The molecule has 0 aliphatic heterocycles. The number of nitrogens with one attached hydrogen (secondary N) is 2. The van der Waals surface area contributed by atoms with E-state index in [0.717, 1.165) is 28.7 Å². The summed E-state index contributed by atoms with van der Waals surface area (Å²) in [6.07, 6.45) is 1.82. The smallest absolute Gasteiger partial charge is 0.191 e. The molecule has 148 valence electrons. The second-order valence-corrected chi connectivity index (χ2v) is 6.24. The Morgan fingerprint density at radius 3 is 2.56 bits per heavy atom. The van der Waals surface area contributed by atoms with Crippen LogP contribution in [0.2, 0.25) is 0 Å². The van der Waals surface area contributed by atoms with E-state index in [9.17, 15) is 0 Å². The van der Waals surface area contributed by atoms with Gasteiger partial charge in [-0.15, -0.1) is 24.0 Å². The van der Waals surface area contributed by atoms with E-state index >= 15 is 0 Å². The molecule has 0 fully saturated rings. The molecule has 2 rings (SSSR count). The van der Waals surface area contributed by atoms with Gasteiger partial charge in [-0.25, -0.2) is 4.98 Å². The van der Waals surface area contributed by atoms with Crippen molar-refractivity contribution in [1.82, 2.24) is 15.6 Å². The first-order chi connectivity index (χ1) is 12.5. The van der Waals surface area contributed by atoms with E-state index in [0.29, 0.717) is 19.7 Å². The summed E-state index contributed by atoms with van der Waals surface area (Å²) in [4.78, 5) is 10.6. The first kappa shape index (κ1) is 23.0. The SMILES string of the molecule is CCOc1cc(C)ccc1CNC(=NC)NCc1ccnc(N(C)C)c1.I. The number of rotatable bonds is 7. The van der Waals surface area contributed by atoms with Crippen molar-refractivity contribution in [3.63, 3.8) is 0 Å². The Morgan fingerprint density at radius 2 is 1.89 bits per heavy atom. The number of benzene rings is 1. The Balaban J connectivity index is 0.00000364. The number of aromatic nitrogens is 1. The van der Waals surface area contributed by atoms with Crippen molar-refractivity contribution in [3.8, 4) is 5.75 Å². The summed E-state index contributed by atoms with van der Waals surface area (Å²) in [5.74, 6) is 2.60. The summed E-state index contributed by atoms with van der Waals surface area (Å²) in [5, 5.41) is 6.68. The van der Waals surface area contributed by atoms with E-state index in [1.807, 2.05) is 38.2 Å². The van der Waals surface area contributed by atoms with E-state index in [1.165, 1.54) is 5.56 Å². The minimum absolute atomic E-state index is 0. The van der Waals surface area contributed by atoms with Crippen LogP contribution in [0.3, 0.4) is 0 Å². The Morgan fingerprint density at radius 1 is 1.15 bits per heavy atom. The summed E-state index contributed by atoms with van der Waals surface area (Å²) in [5.41, 5.74) is 3.45. The highest BCUT2D eigenvalue weighted by Gasteiger charge is 2.06. The minimum Gasteiger partial charge on any atom is -0.494 e. The van der Waals surface area contributed by atoms with Gasteiger partial charge < -0.3 is 20.3 Å². The second-order valence-electron chi connectivity index (χ2n) is 6.24. The summed E-state index contributed by atoms with van der Waals surface area (Å²) in [7, 11) is 5.74. The second kappa shape index (κ2) is 11.6. The molecule has 0 radical (unpaired) electrons. The zero-order valence-corrected chi connectivity index (χ0v) is 19.1. The third kappa shape index (κ3) is 7.24. The number of halogens is 1. The van der Waals surface area contributed by atoms with Crippen molar-refractivity contribution in [2.24, 2.45) is 4.99 Å². The fraction of sp³-hybridized carbons (Fsp3) is 0.400. The number of nitrogens with zero attached hydrogens (tertiary/aromatic N) is 3. The third-order valence-corrected chi connectivity index (χ3v) is 3.92. The zero-order chi connectivity index (χ0) is 18.9. The molecule has 0 amide bonds. The van der Waals surface area contributed by atoms with E-state index in [4.69, 9.17) is 4.74 Å². The summed E-state index contributed by atoms with van der Waals surface area (Å²) in [6, 6.07) is 10.3. The highest BCUT2D eigenvalue weighted by atomic mass is 127. The Labute approximate surface area is 179 Å². The first-order valence-electron chi connectivity index (χ1n) is 8.82. The van der Waals surface area contributed by atoms with E-state index < -0.39 is 0 Å². The monoisotopic (exact) mass is 483 g/mol. The Kier molecular flexibility index (Phi) is 9.92. The van der Waals surface area contributed by atoms with Crippen LogP contribution in [0.15, 0.2) is 41.5 Å². The van der Waals surface area contributed by atoms with Gasteiger partial charge in [-0.3, -0.25) is 4.99 Å². The van der Waals surface area contributed by atoms with Crippen molar-refractivity contribution in [1.29, 1.82) is 0 Å². The number of guanidine groups is 1. The number of ether oxygens (including phenoxy) is 1. The third-order valence-electron chi connectivity index (χ3n) is 3.92. The molecule has 7 heteroatoms. The van der Waals surface area contributed by atoms with Gasteiger partial charge in [-0.2, -0.15) is 0 Å². The van der Waals surface area contributed by atoms with E-state index in [-0.39, 0.29) is 24.0 Å². The van der Waals surface area contributed by atoms with E-state index in [1.54, 1.807) is 7.05 Å². The molecule has 0 aliphatic rings. The van der Waals surface area contributed by atoms with Crippen LogP contribution in [-0.4, -0.2) is 38.7 Å². The van der Waals surface area contributed by atoms with Gasteiger partial charge in [0.1, 0.15) is 11.6 Å². The van der Waals surface area contributed by atoms with Gasteiger partial charge in [0.05, 0.1) is 6.61 Å². The van der Waals surface area contributed by atoms with Crippen LogP contribution in [0, 0.1) is 6.92 Å². The lowest BCUT2D eigenvalue weighted by molar-refractivity contribution is 0.336. The number of pyridine rings is 1. The molecular formula is C20H30IN5O. The van der Waals surface area contributed by atoms with Crippen LogP contribution in [0.4, 0.5) is 5.82 Å². The van der Waals surface area contributed by atoms with Crippen molar-refractivity contribution >= 4 is 35.8 Å². The van der Waals surface area contributed by atoms with Crippen LogP contribution >= 0.6 is 24.0 Å². The maximum Gasteiger partial charge on any atom is 0.191 e. The summed E-state index contributed by atoms with van der Waals surface area (Å²) < 4.78 is 5.74. The normalized spacial score (nSPS) is 10.8. The molecule has 0 aliphatic carbocycles. The molecule has 6 nitrogen and oxygen atoms in total. The Hall–Kier alpha value is -2.03. The van der Waals surface area contributed by atoms with Gasteiger partial charge in [0, 0.05) is 46.0 Å². The molecule has 1 aromatic carbocycles. The lowest BCUT2D eigenvalue weighted by atomic mass is 10.1. The molecule has 27 heavy (non-hydrogen) atoms. The molecular weight excluding hydrogens is 453 g/mol. The van der Waals surface area contributed by atoms with Gasteiger partial charge in [0.2, 0.25) is 0 Å². The topological polar surface area (TPSA) is 61.8 Å². The zero-order valence-electron chi connectivity index (χ0n) is 16.7. The van der Waals surface area contributed by atoms with Crippen molar-refractivity contribution in [3.05, 3.63) is 53.2 Å². The lowest BCUT2D eigenvalue weighted by Gasteiger charge is -2.16. The number of aryl methyl sites for hydroxylation is 1. The molecule has 2 N–H and O–H groups in total. The van der Waals surface area contributed by atoms with Gasteiger partial charge in [-0.1, -0.05) is 12.1 Å². The summed E-state index contributed by atoms with van der Waals surface area (Å²) in [6.45, 7) is 6.04. The fourth-order valence-corrected chi connectivity index (χ4v) is 2.50. The first-order valence-corrected chi connectivity index (χ1v) is 8.82. The molecule has 0 spiro atoms. The van der Waals surface area contributed by atoms with Gasteiger partial charge in [-0.05, 0) is 43.2 Å². The number of aliphatic imine (C=N–C) groups is 1. The van der Waals surface area contributed by atoms with Crippen molar-refractivity contribution in [2.75, 3.05) is 32.6 Å². The highest BCUT2D eigenvalue weighted by molar-refractivity contribution is 14.0. The van der Waals surface area contributed by atoms with Crippen LogP contribution in [-0.2, 0) is 13.1 Å². The van der Waals surface area contributed by atoms with Crippen LogP contribution in [0.1, 0.15) is 23.6 Å². The number of hydrogen-bond acceptors (Lipinski definition) is 4. The number of anilines is 1. The standard InChI is InChI=1S/C20H29N5O.HI/c1-6-26-18-11-15(2)7-8-17(18)14-24-20(21-3)23-13-16-9-10-22-19(12-16)25(4)5;/h7-12H,6,13-14H2,1-5H3,(H2,21,23,24);1H. The minimum atomic E-state index is 0. The predicted molar refractivity (Wildman–Crippen MR) is 123 cm³/mol. The van der Waals surface area contributed by atoms with Crippen LogP contribution < -0.4 is 20.3 Å². The number of hydrogen-bond donors (Lipinski definition) is 2. The largest absolute Gasteiger partial charge is 0.494 e. The van der Waals surface area contributed by atoms with Crippen LogP contribution in [0.25, 0.3) is 0 Å².